The molecule has 2 N–H and O–H groups in total. The van der Waals surface area contributed by atoms with Gasteiger partial charge in [0, 0.05) is 25.4 Å². The molecule has 1 aliphatic heterocycles. The van der Waals surface area contributed by atoms with Gasteiger partial charge in [-0.1, -0.05) is 42.5 Å². The molecule has 0 radical (unpaired) electrons. The number of anilines is 2. The summed E-state index contributed by atoms with van der Waals surface area (Å²) in [6, 6.07) is 16.1. The van der Waals surface area contributed by atoms with Crippen LogP contribution in [0.5, 0.6) is 0 Å². The van der Waals surface area contributed by atoms with Gasteiger partial charge in [0.25, 0.3) is 0 Å². The topological polar surface area (TPSA) is 61.4 Å². The van der Waals surface area contributed by atoms with Crippen molar-refractivity contribution in [3.63, 3.8) is 0 Å². The second-order valence-corrected chi connectivity index (χ2v) is 7.64. The number of alkyl halides is 3. The van der Waals surface area contributed by atoms with Crippen LogP contribution in [0.1, 0.15) is 24.8 Å². The van der Waals surface area contributed by atoms with Gasteiger partial charge in [0.1, 0.15) is 6.54 Å². The summed E-state index contributed by atoms with van der Waals surface area (Å²) in [6.45, 7) is -0.178. The first kappa shape index (κ1) is 22.7. The van der Waals surface area contributed by atoms with Crippen molar-refractivity contribution in [2.45, 2.75) is 31.9 Å². The lowest BCUT2D eigenvalue weighted by Gasteiger charge is -2.31. The van der Waals surface area contributed by atoms with Crippen LogP contribution in [0.25, 0.3) is 0 Å². The molecule has 1 saturated heterocycles. The van der Waals surface area contributed by atoms with Crippen LogP contribution in [-0.2, 0) is 16.0 Å². The first-order valence-corrected chi connectivity index (χ1v) is 10.3. The van der Waals surface area contributed by atoms with E-state index in [1.54, 1.807) is 23.1 Å². The molecule has 0 aliphatic carbocycles. The Morgan fingerprint density at radius 2 is 1.55 bits per heavy atom. The Morgan fingerprint density at radius 3 is 2.19 bits per heavy atom. The monoisotopic (exact) mass is 433 g/mol. The third-order valence-corrected chi connectivity index (χ3v) is 5.35. The smallest absolute Gasteiger partial charge is 0.375 e. The quantitative estimate of drug-likeness (QED) is 0.677. The summed E-state index contributed by atoms with van der Waals surface area (Å²) in [4.78, 5) is 26.9. The van der Waals surface area contributed by atoms with Crippen molar-refractivity contribution in [1.29, 1.82) is 0 Å². The number of benzene rings is 2. The number of amides is 2. The van der Waals surface area contributed by atoms with Crippen LogP contribution in [0.4, 0.5) is 24.5 Å². The molecule has 2 aromatic rings. The third-order valence-electron chi connectivity index (χ3n) is 5.35. The largest absolute Gasteiger partial charge is 0.405 e. The Balaban J connectivity index is 1.48. The van der Waals surface area contributed by atoms with Crippen LogP contribution in [0, 0.1) is 5.92 Å². The van der Waals surface area contributed by atoms with Crippen molar-refractivity contribution in [2.24, 2.45) is 5.92 Å². The SMILES string of the molecule is O=C(Nc1ccccc1NCC(F)(F)F)C1CCN(C(=O)CCc2ccccc2)CC1. The van der Waals surface area contributed by atoms with Gasteiger partial charge in [-0.2, -0.15) is 13.2 Å². The summed E-state index contributed by atoms with van der Waals surface area (Å²) >= 11 is 0. The van der Waals surface area contributed by atoms with Gasteiger partial charge < -0.3 is 15.5 Å². The van der Waals surface area contributed by atoms with Gasteiger partial charge in [-0.25, -0.2) is 0 Å². The summed E-state index contributed by atoms with van der Waals surface area (Å²) in [5.41, 5.74) is 1.66. The molecule has 0 atom stereocenters. The minimum Gasteiger partial charge on any atom is -0.375 e. The number of carbonyl (C=O) groups is 2. The molecule has 0 bridgehead atoms. The molecule has 0 saturated carbocycles. The fourth-order valence-corrected chi connectivity index (χ4v) is 3.62. The van der Waals surface area contributed by atoms with Crippen molar-refractivity contribution in [3.05, 3.63) is 60.2 Å². The van der Waals surface area contributed by atoms with Gasteiger partial charge in [0.05, 0.1) is 11.4 Å². The van der Waals surface area contributed by atoms with Crippen LogP contribution in [0.2, 0.25) is 0 Å². The molecule has 3 rings (SSSR count). The number of aryl methyl sites for hydroxylation is 1. The number of halogens is 3. The van der Waals surface area contributed by atoms with E-state index in [0.717, 1.165) is 5.56 Å². The number of piperidine rings is 1. The van der Waals surface area contributed by atoms with E-state index in [4.69, 9.17) is 0 Å². The van der Waals surface area contributed by atoms with Gasteiger partial charge in [-0.15, -0.1) is 0 Å². The average molecular weight is 433 g/mol. The number of nitrogens with zero attached hydrogens (tertiary/aromatic N) is 1. The number of carbonyl (C=O) groups excluding carboxylic acids is 2. The lowest BCUT2D eigenvalue weighted by atomic mass is 9.95. The maximum absolute atomic E-state index is 12.6. The maximum Gasteiger partial charge on any atom is 0.405 e. The lowest BCUT2D eigenvalue weighted by Crippen LogP contribution is -2.41. The highest BCUT2D eigenvalue weighted by Crippen LogP contribution is 2.26. The van der Waals surface area contributed by atoms with Gasteiger partial charge >= 0.3 is 6.18 Å². The van der Waals surface area contributed by atoms with Crippen LogP contribution >= 0.6 is 0 Å². The molecule has 0 unspecified atom stereocenters. The van der Waals surface area contributed by atoms with E-state index in [2.05, 4.69) is 10.6 Å². The normalized spacial score (nSPS) is 14.9. The number of para-hydroxylation sites is 2. The van der Waals surface area contributed by atoms with E-state index >= 15 is 0 Å². The van der Waals surface area contributed by atoms with Gasteiger partial charge in [0.15, 0.2) is 0 Å². The number of likely N-dealkylation sites (tertiary alicyclic amines) is 1. The van der Waals surface area contributed by atoms with Crippen LogP contribution in [0.3, 0.4) is 0 Å². The number of nitrogens with one attached hydrogen (secondary N) is 2. The van der Waals surface area contributed by atoms with E-state index in [-0.39, 0.29) is 23.4 Å². The fourth-order valence-electron chi connectivity index (χ4n) is 3.62. The Morgan fingerprint density at radius 1 is 0.935 bits per heavy atom. The fraction of sp³-hybridized carbons (Fsp3) is 0.391. The highest BCUT2D eigenvalue weighted by molar-refractivity contribution is 5.95. The Kier molecular flexibility index (Phi) is 7.55. The number of hydrogen-bond acceptors (Lipinski definition) is 3. The number of hydrogen-bond donors (Lipinski definition) is 2. The first-order valence-electron chi connectivity index (χ1n) is 10.3. The second kappa shape index (κ2) is 10.3. The molecule has 1 aliphatic rings. The second-order valence-electron chi connectivity index (χ2n) is 7.64. The average Bonchev–Trinajstić information content (AvgIpc) is 2.77. The minimum absolute atomic E-state index is 0.0735. The van der Waals surface area contributed by atoms with Gasteiger partial charge in [-0.3, -0.25) is 9.59 Å². The zero-order valence-electron chi connectivity index (χ0n) is 17.1. The zero-order valence-corrected chi connectivity index (χ0v) is 17.1. The molecule has 2 amide bonds. The van der Waals surface area contributed by atoms with E-state index in [1.165, 1.54) is 6.07 Å². The summed E-state index contributed by atoms with van der Waals surface area (Å²) < 4.78 is 37.5. The molecule has 166 valence electrons. The summed E-state index contributed by atoms with van der Waals surface area (Å²) in [5.74, 6) is -0.448. The highest BCUT2D eigenvalue weighted by Gasteiger charge is 2.29. The lowest BCUT2D eigenvalue weighted by molar-refractivity contribution is -0.134. The summed E-state index contributed by atoms with van der Waals surface area (Å²) in [6.07, 6.45) is -2.18. The predicted molar refractivity (Wildman–Crippen MR) is 114 cm³/mol. The Labute approximate surface area is 179 Å². The van der Waals surface area contributed by atoms with Crippen molar-refractivity contribution in [3.8, 4) is 0 Å². The van der Waals surface area contributed by atoms with E-state index < -0.39 is 12.7 Å². The van der Waals surface area contributed by atoms with Crippen molar-refractivity contribution in [2.75, 3.05) is 30.3 Å². The molecule has 8 heteroatoms. The molecule has 5 nitrogen and oxygen atoms in total. The standard InChI is InChI=1S/C23H26F3N3O2/c24-23(25,26)16-27-19-8-4-5-9-20(19)28-22(31)18-12-14-29(15-13-18)21(30)11-10-17-6-2-1-3-7-17/h1-9,18,27H,10-16H2,(H,28,31). The zero-order chi connectivity index (χ0) is 22.3. The van der Waals surface area contributed by atoms with Gasteiger partial charge in [-0.05, 0) is 37.0 Å². The van der Waals surface area contributed by atoms with E-state index in [9.17, 15) is 22.8 Å². The minimum atomic E-state index is -4.35. The molecule has 1 heterocycles. The summed E-state index contributed by atoms with van der Waals surface area (Å²) in [7, 11) is 0. The van der Waals surface area contributed by atoms with Crippen molar-refractivity contribution >= 4 is 23.2 Å². The molecule has 0 aromatic heterocycles. The van der Waals surface area contributed by atoms with Crippen molar-refractivity contribution in [1.82, 2.24) is 4.90 Å². The molecule has 31 heavy (non-hydrogen) atoms. The molecular formula is C23H26F3N3O2. The molecule has 1 fully saturated rings. The first-order chi connectivity index (χ1) is 14.8. The Bertz CT molecular complexity index is 879. The number of rotatable bonds is 7. The van der Waals surface area contributed by atoms with Gasteiger partial charge in [0.2, 0.25) is 11.8 Å². The molecule has 2 aromatic carbocycles. The van der Waals surface area contributed by atoms with E-state index in [0.29, 0.717) is 44.5 Å². The predicted octanol–water partition coefficient (Wildman–Crippen LogP) is 4.47. The van der Waals surface area contributed by atoms with E-state index in [1.807, 2.05) is 30.3 Å². The maximum atomic E-state index is 12.6. The molecule has 0 spiro atoms. The third kappa shape index (κ3) is 7.01. The van der Waals surface area contributed by atoms with Crippen molar-refractivity contribution < 1.29 is 22.8 Å². The summed E-state index contributed by atoms with van der Waals surface area (Å²) in [5, 5.41) is 5.05. The molecular weight excluding hydrogens is 407 g/mol. The Hall–Kier alpha value is -3.03. The highest BCUT2D eigenvalue weighted by atomic mass is 19.4. The van der Waals surface area contributed by atoms with Crippen LogP contribution < -0.4 is 10.6 Å². The van der Waals surface area contributed by atoms with Crippen LogP contribution in [0.15, 0.2) is 54.6 Å². The van der Waals surface area contributed by atoms with Crippen LogP contribution in [-0.4, -0.2) is 42.5 Å².